The SMILES string of the molecule is C=CC.CC1C(c2ccc(C(=O)O)cc2)=CCC2(C)C1CCC1(C)C2CCC2C3CCCC3(CN(CCN(C)C)C(=O)CCC(=O)O)CC[C@]21C. The molecule has 0 saturated heterocycles. The highest BCUT2D eigenvalue weighted by atomic mass is 16.4. The highest BCUT2D eigenvalue weighted by Crippen LogP contribution is 2.76. The van der Waals surface area contributed by atoms with Crippen LogP contribution in [0.2, 0.25) is 0 Å². The number of benzene rings is 1. The zero-order chi connectivity index (χ0) is 37.4. The van der Waals surface area contributed by atoms with Gasteiger partial charge in [-0.05, 0) is 153 Å². The topological polar surface area (TPSA) is 98.2 Å². The number of carboxylic acids is 2. The molecule has 5 aliphatic carbocycles. The first-order chi connectivity index (χ1) is 24.1. The average Bonchev–Trinajstić information content (AvgIpc) is 3.50. The number of rotatable bonds is 10. The molecule has 5 aliphatic rings. The van der Waals surface area contributed by atoms with Crippen molar-refractivity contribution in [3.8, 4) is 0 Å². The van der Waals surface area contributed by atoms with E-state index in [2.05, 4.69) is 45.2 Å². The number of allylic oxidation sites excluding steroid dienone is 3. The van der Waals surface area contributed by atoms with Gasteiger partial charge in [0.05, 0.1) is 12.0 Å². The van der Waals surface area contributed by atoms with Crippen molar-refractivity contribution < 1.29 is 24.6 Å². The smallest absolute Gasteiger partial charge is 0.335 e. The summed E-state index contributed by atoms with van der Waals surface area (Å²) in [7, 11) is 4.08. The van der Waals surface area contributed by atoms with E-state index in [9.17, 15) is 24.6 Å². The van der Waals surface area contributed by atoms with Gasteiger partial charge < -0.3 is 20.0 Å². The molecule has 1 amide bonds. The van der Waals surface area contributed by atoms with Crippen molar-refractivity contribution in [3.05, 3.63) is 54.1 Å². The van der Waals surface area contributed by atoms with Crippen molar-refractivity contribution in [2.45, 2.75) is 112 Å². The Labute approximate surface area is 307 Å². The summed E-state index contributed by atoms with van der Waals surface area (Å²) in [6, 6.07) is 7.51. The van der Waals surface area contributed by atoms with Gasteiger partial charge >= 0.3 is 11.9 Å². The molecule has 7 nitrogen and oxygen atoms in total. The number of hydrogen-bond donors (Lipinski definition) is 2. The molecule has 4 saturated carbocycles. The minimum Gasteiger partial charge on any atom is -0.481 e. The molecule has 0 spiro atoms. The lowest BCUT2D eigenvalue weighted by atomic mass is 9.33. The van der Waals surface area contributed by atoms with E-state index in [-0.39, 0.29) is 40.4 Å². The molecule has 0 aromatic heterocycles. The Hall–Kier alpha value is -2.93. The van der Waals surface area contributed by atoms with E-state index in [1.165, 1.54) is 68.9 Å². The second kappa shape index (κ2) is 15.2. The molecular weight excluding hydrogens is 636 g/mol. The minimum absolute atomic E-state index is 0.00574. The molecule has 6 rings (SSSR count). The number of likely N-dealkylation sites (N-methyl/N-ethyl adjacent to an activating group) is 1. The lowest BCUT2D eigenvalue weighted by Gasteiger charge is -2.71. The highest BCUT2D eigenvalue weighted by Gasteiger charge is 2.68. The predicted molar refractivity (Wildman–Crippen MR) is 205 cm³/mol. The zero-order valence-corrected chi connectivity index (χ0v) is 32.7. The van der Waals surface area contributed by atoms with Crippen LogP contribution in [-0.4, -0.2) is 71.6 Å². The lowest BCUT2D eigenvalue weighted by molar-refractivity contribution is -0.219. The number of carbonyl (C=O) groups is 3. The van der Waals surface area contributed by atoms with Gasteiger partial charge in [-0.15, -0.1) is 6.58 Å². The first-order valence-corrected chi connectivity index (χ1v) is 19.8. The molecule has 8 unspecified atom stereocenters. The summed E-state index contributed by atoms with van der Waals surface area (Å²) in [6.45, 7) is 17.9. The second-order valence-corrected chi connectivity index (χ2v) is 18.0. The van der Waals surface area contributed by atoms with Gasteiger partial charge in [0.1, 0.15) is 0 Å². The molecule has 0 heterocycles. The summed E-state index contributed by atoms with van der Waals surface area (Å²) in [6.07, 6.45) is 16.5. The standard InChI is InChI=1S/C41H60N2O5.C3H6/c1-27-30(28-9-11-29(12-10-28)37(47)48)17-20-38(2)31(27)18-21-40(4)34(38)14-13-32-33-8-7-19-41(33,23-22-39(32,40)3)26-43(25-24-42(5)6)35(44)15-16-36(45)46;1-3-2/h9-12,17,27,31-34H,7-8,13-16,18-26H2,1-6H3,(H,45,46)(H,47,48);3H,1H2,2H3/t27?,31?,32?,33?,34?,38?,39-,40?,41?;/m1./s1. The molecule has 1 aromatic rings. The molecule has 282 valence electrons. The number of aromatic carboxylic acids is 1. The fraction of sp³-hybridized carbons (Fsp3) is 0.705. The quantitative estimate of drug-likeness (QED) is 0.236. The minimum atomic E-state index is -0.900. The van der Waals surface area contributed by atoms with E-state index in [0.29, 0.717) is 41.7 Å². The van der Waals surface area contributed by atoms with Gasteiger partial charge in [-0.2, -0.15) is 0 Å². The van der Waals surface area contributed by atoms with Crippen LogP contribution in [0.25, 0.3) is 5.57 Å². The van der Waals surface area contributed by atoms with Crippen molar-refractivity contribution in [2.75, 3.05) is 33.7 Å². The molecule has 0 bridgehead atoms. The largest absolute Gasteiger partial charge is 0.481 e. The van der Waals surface area contributed by atoms with Gasteiger partial charge in [0.25, 0.3) is 0 Å². The van der Waals surface area contributed by atoms with Crippen LogP contribution in [0.1, 0.15) is 128 Å². The van der Waals surface area contributed by atoms with Crippen LogP contribution in [-0.2, 0) is 9.59 Å². The summed E-state index contributed by atoms with van der Waals surface area (Å²) >= 11 is 0. The monoisotopic (exact) mass is 702 g/mol. The molecule has 1 aromatic carbocycles. The Kier molecular flexibility index (Phi) is 11.7. The van der Waals surface area contributed by atoms with Gasteiger partial charge in [-0.3, -0.25) is 9.59 Å². The van der Waals surface area contributed by atoms with E-state index < -0.39 is 11.9 Å². The highest BCUT2D eigenvalue weighted by molar-refractivity contribution is 5.88. The van der Waals surface area contributed by atoms with E-state index in [1.807, 2.05) is 38.1 Å². The molecule has 0 aliphatic heterocycles. The number of carboxylic acid groups (broad SMARTS) is 2. The van der Waals surface area contributed by atoms with Crippen LogP contribution in [0.5, 0.6) is 0 Å². The zero-order valence-electron chi connectivity index (χ0n) is 32.7. The van der Waals surface area contributed by atoms with Gasteiger partial charge in [0, 0.05) is 26.1 Å². The van der Waals surface area contributed by atoms with Crippen molar-refractivity contribution in [3.63, 3.8) is 0 Å². The summed E-state index contributed by atoms with van der Waals surface area (Å²) in [5, 5.41) is 18.7. The molecular formula is C44H66N2O5. The van der Waals surface area contributed by atoms with Gasteiger partial charge in [-0.1, -0.05) is 58.4 Å². The van der Waals surface area contributed by atoms with Crippen molar-refractivity contribution in [1.82, 2.24) is 9.80 Å². The van der Waals surface area contributed by atoms with Gasteiger partial charge in [0.15, 0.2) is 0 Å². The molecule has 0 radical (unpaired) electrons. The van der Waals surface area contributed by atoms with Crippen LogP contribution in [0.3, 0.4) is 0 Å². The number of carbonyl (C=O) groups excluding carboxylic acids is 1. The first kappa shape index (κ1) is 39.3. The average molecular weight is 703 g/mol. The molecule has 4 fully saturated rings. The third kappa shape index (κ3) is 7.10. The second-order valence-electron chi connectivity index (χ2n) is 18.0. The molecule has 9 atom stereocenters. The van der Waals surface area contributed by atoms with Crippen molar-refractivity contribution in [2.24, 2.45) is 51.2 Å². The first-order valence-electron chi connectivity index (χ1n) is 19.8. The third-order valence-electron chi connectivity index (χ3n) is 15.4. The van der Waals surface area contributed by atoms with E-state index in [1.54, 1.807) is 18.2 Å². The van der Waals surface area contributed by atoms with Gasteiger partial charge in [-0.25, -0.2) is 4.79 Å². The van der Waals surface area contributed by atoms with Crippen LogP contribution >= 0.6 is 0 Å². The summed E-state index contributed by atoms with van der Waals surface area (Å²) in [5.41, 5.74) is 3.83. The molecule has 51 heavy (non-hydrogen) atoms. The number of fused-ring (bicyclic) bond motifs is 7. The summed E-state index contributed by atoms with van der Waals surface area (Å²) in [5.74, 6) is 1.25. The Morgan fingerprint density at radius 2 is 1.55 bits per heavy atom. The van der Waals surface area contributed by atoms with E-state index in [4.69, 9.17) is 0 Å². The van der Waals surface area contributed by atoms with Crippen LogP contribution in [0.4, 0.5) is 0 Å². The Balaban J connectivity index is 0.00000162. The van der Waals surface area contributed by atoms with E-state index in [0.717, 1.165) is 19.5 Å². The van der Waals surface area contributed by atoms with Crippen LogP contribution in [0.15, 0.2) is 43.0 Å². The Morgan fingerprint density at radius 3 is 2.18 bits per heavy atom. The molecule has 7 heteroatoms. The van der Waals surface area contributed by atoms with Crippen LogP contribution in [0, 0.1) is 51.2 Å². The van der Waals surface area contributed by atoms with Crippen molar-refractivity contribution >= 4 is 23.4 Å². The maximum atomic E-state index is 13.5. The van der Waals surface area contributed by atoms with Crippen molar-refractivity contribution in [1.29, 1.82) is 0 Å². The lowest BCUT2D eigenvalue weighted by Crippen LogP contribution is -2.64. The van der Waals surface area contributed by atoms with Gasteiger partial charge in [0.2, 0.25) is 5.91 Å². The Morgan fingerprint density at radius 1 is 0.863 bits per heavy atom. The van der Waals surface area contributed by atoms with Crippen LogP contribution < -0.4 is 0 Å². The fourth-order valence-corrected chi connectivity index (χ4v) is 12.8. The normalized spacial score (nSPS) is 36.6. The van der Waals surface area contributed by atoms with E-state index >= 15 is 0 Å². The number of hydrogen-bond acceptors (Lipinski definition) is 4. The molecule has 2 N–H and O–H groups in total. The maximum Gasteiger partial charge on any atom is 0.335 e. The maximum absolute atomic E-state index is 13.5. The number of aliphatic carboxylic acids is 1. The Bertz CT molecular complexity index is 1480. The third-order valence-corrected chi connectivity index (χ3v) is 15.4. The summed E-state index contributed by atoms with van der Waals surface area (Å²) in [4.78, 5) is 40.5. The number of nitrogens with zero attached hydrogens (tertiary/aromatic N) is 2. The predicted octanol–water partition coefficient (Wildman–Crippen LogP) is 9.29. The summed E-state index contributed by atoms with van der Waals surface area (Å²) < 4.78 is 0. The number of amides is 1. The fourth-order valence-electron chi connectivity index (χ4n) is 12.8.